The summed E-state index contributed by atoms with van der Waals surface area (Å²) in [7, 11) is 0. The molecule has 1 heteroatoms. The lowest BCUT2D eigenvalue weighted by Crippen LogP contribution is -2.44. The van der Waals surface area contributed by atoms with E-state index >= 15 is 0 Å². The van der Waals surface area contributed by atoms with Gasteiger partial charge in [0.25, 0.3) is 0 Å². The van der Waals surface area contributed by atoms with E-state index in [0.29, 0.717) is 11.5 Å². The van der Waals surface area contributed by atoms with Gasteiger partial charge < -0.3 is 5.73 Å². The fraction of sp³-hybridized carbons (Fsp3) is 1.00. The first-order valence-corrected chi connectivity index (χ1v) is 5.98. The lowest BCUT2D eigenvalue weighted by molar-refractivity contribution is 0.134. The molecule has 0 aromatic rings. The highest BCUT2D eigenvalue weighted by Gasteiger charge is 2.58. The van der Waals surface area contributed by atoms with Crippen LogP contribution in [0.1, 0.15) is 45.4 Å². The molecule has 3 aliphatic carbocycles. The lowest BCUT2D eigenvalue weighted by Gasteiger charge is -2.39. The van der Waals surface area contributed by atoms with Crippen LogP contribution in [-0.2, 0) is 0 Å². The van der Waals surface area contributed by atoms with Crippen LogP contribution < -0.4 is 5.73 Å². The normalized spacial score (nSPS) is 59.5. The van der Waals surface area contributed by atoms with Crippen molar-refractivity contribution in [1.82, 2.24) is 0 Å². The van der Waals surface area contributed by atoms with Crippen LogP contribution in [0, 0.1) is 23.2 Å². The molecule has 0 aliphatic heterocycles. The summed E-state index contributed by atoms with van der Waals surface area (Å²) in [6.07, 6.45) is 8.71. The van der Waals surface area contributed by atoms with Gasteiger partial charge in [-0.05, 0) is 55.3 Å². The van der Waals surface area contributed by atoms with Gasteiger partial charge in [0.2, 0.25) is 0 Å². The second kappa shape index (κ2) is 2.50. The van der Waals surface area contributed by atoms with E-state index < -0.39 is 0 Å². The minimum atomic E-state index is 0.566. The molecule has 3 rings (SSSR count). The predicted octanol–water partition coefficient (Wildman–Crippen LogP) is 2.55. The fourth-order valence-electron chi connectivity index (χ4n) is 4.65. The smallest absolute Gasteiger partial charge is 0.0127 e. The van der Waals surface area contributed by atoms with Crippen molar-refractivity contribution in [1.29, 1.82) is 0 Å². The van der Waals surface area contributed by atoms with Gasteiger partial charge in [-0.2, -0.15) is 0 Å². The van der Waals surface area contributed by atoms with Gasteiger partial charge in [-0.1, -0.05) is 13.3 Å². The quantitative estimate of drug-likeness (QED) is 0.607. The average molecular weight is 179 g/mol. The topological polar surface area (TPSA) is 26.0 Å². The number of nitrogens with two attached hydrogens (primary N) is 1. The zero-order chi connectivity index (χ0) is 9.05. The van der Waals surface area contributed by atoms with Gasteiger partial charge in [0.15, 0.2) is 0 Å². The number of rotatable bonds is 0. The summed E-state index contributed by atoms with van der Waals surface area (Å²) in [5.74, 6) is 2.86. The highest BCUT2D eigenvalue weighted by Crippen LogP contribution is 2.62. The van der Waals surface area contributed by atoms with Gasteiger partial charge in [-0.3, -0.25) is 0 Å². The molecule has 0 unspecified atom stereocenters. The van der Waals surface area contributed by atoms with Crippen LogP contribution in [0.4, 0.5) is 0 Å². The Hall–Kier alpha value is -0.0400. The highest BCUT2D eigenvalue weighted by atomic mass is 14.8. The molecule has 0 radical (unpaired) electrons. The van der Waals surface area contributed by atoms with E-state index in [9.17, 15) is 0 Å². The Morgan fingerprint density at radius 2 is 2.08 bits per heavy atom. The molecule has 3 saturated carbocycles. The Kier molecular flexibility index (Phi) is 1.59. The molecule has 1 spiro atoms. The van der Waals surface area contributed by atoms with Crippen LogP contribution >= 0.6 is 0 Å². The third-order valence-electron chi connectivity index (χ3n) is 5.29. The van der Waals surface area contributed by atoms with Crippen LogP contribution in [0.15, 0.2) is 0 Å². The van der Waals surface area contributed by atoms with Gasteiger partial charge >= 0.3 is 0 Å². The molecule has 74 valence electrons. The molecule has 1 nitrogen and oxygen atoms in total. The highest BCUT2D eigenvalue weighted by molar-refractivity contribution is 5.10. The third-order valence-corrected chi connectivity index (χ3v) is 5.29. The first-order valence-electron chi connectivity index (χ1n) is 5.98. The standard InChI is InChI=1S/C12H21N/c1-8-4-5-12(7-8)10-3-2-9(6-10)11(12)13/h8-11H,2-7,13H2,1H3/t8-,9-,10+,11-,12-/m0/s1. The molecule has 0 aromatic heterocycles. The Balaban J connectivity index is 1.90. The van der Waals surface area contributed by atoms with Crippen molar-refractivity contribution in [2.24, 2.45) is 28.9 Å². The summed E-state index contributed by atoms with van der Waals surface area (Å²) in [6, 6.07) is 0.566. The van der Waals surface area contributed by atoms with Crippen molar-refractivity contribution < 1.29 is 0 Å². The van der Waals surface area contributed by atoms with Crippen molar-refractivity contribution >= 4 is 0 Å². The van der Waals surface area contributed by atoms with Crippen molar-refractivity contribution in [3.8, 4) is 0 Å². The zero-order valence-corrected chi connectivity index (χ0v) is 8.63. The molecule has 2 N–H and O–H groups in total. The minimum absolute atomic E-state index is 0.566. The molecule has 13 heavy (non-hydrogen) atoms. The minimum Gasteiger partial charge on any atom is -0.327 e. The van der Waals surface area contributed by atoms with Gasteiger partial charge in [-0.25, -0.2) is 0 Å². The first-order chi connectivity index (χ1) is 6.22. The van der Waals surface area contributed by atoms with Crippen LogP contribution in [0.5, 0.6) is 0 Å². The van der Waals surface area contributed by atoms with Crippen molar-refractivity contribution in [3.63, 3.8) is 0 Å². The second-order valence-corrected chi connectivity index (χ2v) is 5.88. The van der Waals surface area contributed by atoms with Gasteiger partial charge in [0.05, 0.1) is 0 Å². The summed E-state index contributed by atoms with van der Waals surface area (Å²) >= 11 is 0. The molecular weight excluding hydrogens is 158 g/mol. The Morgan fingerprint density at radius 1 is 1.23 bits per heavy atom. The molecule has 5 atom stereocenters. The average Bonchev–Trinajstić information content (AvgIpc) is 2.73. The maximum absolute atomic E-state index is 6.42. The van der Waals surface area contributed by atoms with E-state index in [1.165, 1.54) is 38.5 Å². The van der Waals surface area contributed by atoms with Crippen molar-refractivity contribution in [2.45, 2.75) is 51.5 Å². The van der Waals surface area contributed by atoms with E-state index in [2.05, 4.69) is 6.92 Å². The predicted molar refractivity (Wildman–Crippen MR) is 54.3 cm³/mol. The Labute approximate surface area is 81.1 Å². The summed E-state index contributed by atoms with van der Waals surface area (Å²) < 4.78 is 0. The van der Waals surface area contributed by atoms with E-state index in [-0.39, 0.29) is 0 Å². The number of hydrogen-bond acceptors (Lipinski definition) is 1. The van der Waals surface area contributed by atoms with Gasteiger partial charge in [0.1, 0.15) is 0 Å². The number of fused-ring (bicyclic) bond motifs is 3. The van der Waals surface area contributed by atoms with E-state index in [4.69, 9.17) is 5.73 Å². The second-order valence-electron chi connectivity index (χ2n) is 5.88. The summed E-state index contributed by atoms with van der Waals surface area (Å²) in [5.41, 5.74) is 7.04. The summed E-state index contributed by atoms with van der Waals surface area (Å²) in [4.78, 5) is 0. The lowest BCUT2D eigenvalue weighted by atomic mass is 9.68. The van der Waals surface area contributed by atoms with Gasteiger partial charge in [0, 0.05) is 6.04 Å². The Bertz CT molecular complexity index is 221. The molecule has 0 aromatic carbocycles. The first kappa shape index (κ1) is 8.28. The molecule has 0 heterocycles. The maximum Gasteiger partial charge on any atom is 0.0127 e. The largest absolute Gasteiger partial charge is 0.327 e. The molecule has 3 fully saturated rings. The molecule has 0 amide bonds. The molecular formula is C12H21N. The van der Waals surface area contributed by atoms with Crippen LogP contribution in [-0.4, -0.2) is 6.04 Å². The summed E-state index contributed by atoms with van der Waals surface area (Å²) in [5, 5.41) is 0. The van der Waals surface area contributed by atoms with Gasteiger partial charge in [-0.15, -0.1) is 0 Å². The molecule has 3 aliphatic rings. The van der Waals surface area contributed by atoms with Crippen LogP contribution in [0.2, 0.25) is 0 Å². The fourth-order valence-corrected chi connectivity index (χ4v) is 4.65. The van der Waals surface area contributed by atoms with Crippen LogP contribution in [0.25, 0.3) is 0 Å². The van der Waals surface area contributed by atoms with Crippen molar-refractivity contribution in [3.05, 3.63) is 0 Å². The van der Waals surface area contributed by atoms with Crippen molar-refractivity contribution in [2.75, 3.05) is 0 Å². The summed E-state index contributed by atoms with van der Waals surface area (Å²) in [6.45, 7) is 2.41. The maximum atomic E-state index is 6.42. The third kappa shape index (κ3) is 0.918. The Morgan fingerprint density at radius 3 is 2.62 bits per heavy atom. The van der Waals surface area contributed by atoms with Crippen LogP contribution in [0.3, 0.4) is 0 Å². The van der Waals surface area contributed by atoms with E-state index in [0.717, 1.165) is 17.8 Å². The van der Waals surface area contributed by atoms with E-state index in [1.54, 1.807) is 0 Å². The molecule has 0 saturated heterocycles. The van der Waals surface area contributed by atoms with E-state index in [1.807, 2.05) is 0 Å². The molecule has 2 bridgehead atoms. The zero-order valence-electron chi connectivity index (χ0n) is 8.63. The number of hydrogen-bond donors (Lipinski definition) is 1. The monoisotopic (exact) mass is 179 g/mol. The SMILES string of the molecule is C[C@H]1CC[C@]2(C1)[C@@H]1CC[C@@H](C1)[C@@H]2N.